The van der Waals surface area contributed by atoms with Gasteiger partial charge in [-0.25, -0.2) is 0 Å². The quantitative estimate of drug-likeness (QED) is 0.311. The molecule has 0 amide bonds. The summed E-state index contributed by atoms with van der Waals surface area (Å²) in [6.45, 7) is 1.81. The summed E-state index contributed by atoms with van der Waals surface area (Å²) < 4.78 is 0. The zero-order valence-corrected chi connectivity index (χ0v) is 19.1. The maximum atomic E-state index is 9.97. The van der Waals surface area contributed by atoms with Gasteiger partial charge in [0.2, 0.25) is 0 Å². The van der Waals surface area contributed by atoms with Crippen LogP contribution >= 0.6 is 69.6 Å². The largest absolute Gasteiger partial charge is 0.505 e. The van der Waals surface area contributed by atoms with Crippen molar-refractivity contribution in [3.63, 3.8) is 0 Å². The van der Waals surface area contributed by atoms with E-state index in [9.17, 15) is 15.3 Å². The number of rotatable bonds is 3. The highest BCUT2D eigenvalue weighted by Gasteiger charge is 2.35. The van der Waals surface area contributed by atoms with Crippen molar-refractivity contribution in [3.8, 4) is 17.2 Å². The summed E-state index contributed by atoms with van der Waals surface area (Å²) in [7, 11) is 0. The van der Waals surface area contributed by atoms with Gasteiger partial charge >= 0.3 is 0 Å². The van der Waals surface area contributed by atoms with Crippen molar-refractivity contribution in [3.05, 3.63) is 83.2 Å². The molecule has 0 fully saturated rings. The maximum absolute atomic E-state index is 9.97. The molecule has 0 aromatic heterocycles. The Bertz CT molecular complexity index is 921. The van der Waals surface area contributed by atoms with E-state index in [2.05, 4.69) is 0 Å². The fourth-order valence-corrected chi connectivity index (χ4v) is 4.52. The van der Waals surface area contributed by atoms with E-state index >= 15 is 0 Å². The standard InChI is InChI=1S/C20H12Cl6O3/c1-20(8-2-11(21)17(27)12(22)3-8,9-4-13(23)18(28)14(24)5-9)10-6-15(25)19(29)16(26)7-10/h2-7,27-29H,1H3. The first-order valence-electron chi connectivity index (χ1n) is 8.02. The van der Waals surface area contributed by atoms with Gasteiger partial charge in [-0.1, -0.05) is 69.6 Å². The second-order valence-corrected chi connectivity index (χ2v) is 8.93. The molecule has 0 bridgehead atoms. The first-order valence-corrected chi connectivity index (χ1v) is 10.3. The van der Waals surface area contributed by atoms with Crippen LogP contribution in [0.4, 0.5) is 0 Å². The monoisotopic (exact) mass is 510 g/mol. The average Bonchev–Trinajstić information content (AvgIpc) is 2.66. The maximum Gasteiger partial charge on any atom is 0.152 e. The summed E-state index contributed by atoms with van der Waals surface area (Å²) in [6.07, 6.45) is 0. The molecule has 0 heterocycles. The number of benzene rings is 3. The normalized spacial score (nSPS) is 11.7. The first-order chi connectivity index (χ1) is 13.5. The minimum atomic E-state index is -1.04. The summed E-state index contributed by atoms with van der Waals surface area (Å²) in [5, 5.41) is 30.1. The molecule has 0 spiro atoms. The molecule has 29 heavy (non-hydrogen) atoms. The third kappa shape index (κ3) is 3.93. The number of aromatic hydroxyl groups is 3. The van der Waals surface area contributed by atoms with Crippen LogP contribution in [0.1, 0.15) is 23.6 Å². The number of phenols is 3. The van der Waals surface area contributed by atoms with Crippen LogP contribution < -0.4 is 0 Å². The third-order valence-corrected chi connectivity index (χ3v) is 6.51. The van der Waals surface area contributed by atoms with Gasteiger partial charge in [-0.05, 0) is 60.0 Å². The molecule has 3 N–H and O–H groups in total. The van der Waals surface area contributed by atoms with Crippen LogP contribution in [-0.2, 0) is 5.41 Å². The molecule has 9 heteroatoms. The smallest absolute Gasteiger partial charge is 0.152 e. The van der Waals surface area contributed by atoms with Gasteiger partial charge < -0.3 is 15.3 Å². The lowest BCUT2D eigenvalue weighted by Crippen LogP contribution is -2.25. The van der Waals surface area contributed by atoms with E-state index in [0.717, 1.165) is 0 Å². The van der Waals surface area contributed by atoms with Gasteiger partial charge in [-0.3, -0.25) is 0 Å². The highest BCUT2D eigenvalue weighted by molar-refractivity contribution is 6.38. The van der Waals surface area contributed by atoms with Gasteiger partial charge in [0.05, 0.1) is 30.1 Å². The first kappa shape index (κ1) is 22.5. The molecule has 0 unspecified atom stereocenters. The Kier molecular flexibility index (Phi) is 6.31. The van der Waals surface area contributed by atoms with E-state index in [-0.39, 0.29) is 47.4 Å². The molecule has 0 atom stereocenters. The fraction of sp³-hybridized carbons (Fsp3) is 0.100. The molecule has 0 radical (unpaired) electrons. The minimum absolute atomic E-state index is 0.0330. The van der Waals surface area contributed by atoms with Crippen LogP contribution in [-0.4, -0.2) is 15.3 Å². The van der Waals surface area contributed by atoms with Crippen LogP contribution in [0.5, 0.6) is 17.2 Å². The van der Waals surface area contributed by atoms with E-state index in [1.54, 1.807) is 0 Å². The molecule has 0 aliphatic heterocycles. The average molecular weight is 513 g/mol. The molecule has 3 rings (SSSR count). The second kappa shape index (κ2) is 8.14. The highest BCUT2D eigenvalue weighted by atomic mass is 35.5. The molecule has 152 valence electrons. The predicted octanol–water partition coefficient (Wildman–Crippen LogP) is 8.08. The Morgan fingerprint density at radius 3 is 0.828 bits per heavy atom. The van der Waals surface area contributed by atoms with Gasteiger partial charge in [0.25, 0.3) is 0 Å². The second-order valence-electron chi connectivity index (χ2n) is 6.49. The lowest BCUT2D eigenvalue weighted by molar-refractivity contribution is 0.474. The van der Waals surface area contributed by atoms with Crippen molar-refractivity contribution in [2.75, 3.05) is 0 Å². The van der Waals surface area contributed by atoms with Crippen molar-refractivity contribution >= 4 is 69.6 Å². The Labute approximate surface area is 196 Å². The number of phenolic OH excluding ortho intramolecular Hbond substituents is 3. The van der Waals surface area contributed by atoms with Gasteiger partial charge in [-0.2, -0.15) is 0 Å². The minimum Gasteiger partial charge on any atom is -0.505 e. The highest BCUT2D eigenvalue weighted by Crippen LogP contribution is 2.48. The summed E-state index contributed by atoms with van der Waals surface area (Å²) in [4.78, 5) is 0. The van der Waals surface area contributed by atoms with Crippen molar-refractivity contribution in [2.24, 2.45) is 0 Å². The van der Waals surface area contributed by atoms with Gasteiger partial charge in [-0.15, -0.1) is 0 Å². The molecule has 0 saturated heterocycles. The summed E-state index contributed by atoms with van der Waals surface area (Å²) in [5.41, 5.74) is 0.631. The molecule has 0 aliphatic carbocycles. The number of hydrogen-bond acceptors (Lipinski definition) is 3. The Morgan fingerprint density at radius 2 is 0.655 bits per heavy atom. The van der Waals surface area contributed by atoms with Crippen LogP contribution in [0.2, 0.25) is 30.1 Å². The van der Waals surface area contributed by atoms with Crippen molar-refractivity contribution in [2.45, 2.75) is 12.3 Å². The van der Waals surface area contributed by atoms with E-state index in [0.29, 0.717) is 16.7 Å². The summed E-state index contributed by atoms with van der Waals surface area (Å²) in [5.74, 6) is -0.783. The summed E-state index contributed by atoms with van der Waals surface area (Å²) in [6, 6.07) is 9.20. The van der Waals surface area contributed by atoms with E-state index in [1.165, 1.54) is 36.4 Å². The van der Waals surface area contributed by atoms with Gasteiger partial charge in [0.15, 0.2) is 17.2 Å². The third-order valence-electron chi connectivity index (χ3n) is 4.78. The predicted molar refractivity (Wildman–Crippen MR) is 120 cm³/mol. The number of hydrogen-bond donors (Lipinski definition) is 3. The van der Waals surface area contributed by atoms with Crippen LogP contribution in [0.25, 0.3) is 0 Å². The lowest BCUT2D eigenvalue weighted by atomic mass is 9.71. The van der Waals surface area contributed by atoms with Crippen LogP contribution in [0, 0.1) is 0 Å². The van der Waals surface area contributed by atoms with Crippen molar-refractivity contribution in [1.82, 2.24) is 0 Å². The van der Waals surface area contributed by atoms with E-state index in [1.807, 2.05) is 6.92 Å². The Morgan fingerprint density at radius 1 is 0.483 bits per heavy atom. The molecule has 3 nitrogen and oxygen atoms in total. The SMILES string of the molecule is CC(c1cc(Cl)c(O)c(Cl)c1)(c1cc(Cl)c(O)c(Cl)c1)c1cc(Cl)c(O)c(Cl)c1. The fourth-order valence-electron chi connectivity index (χ4n) is 3.06. The number of halogens is 6. The molecular formula is C20H12Cl6O3. The molecule has 3 aromatic carbocycles. The molecule has 0 saturated carbocycles. The zero-order valence-electron chi connectivity index (χ0n) is 14.6. The molecule has 0 aliphatic rings. The van der Waals surface area contributed by atoms with Crippen LogP contribution in [0.15, 0.2) is 36.4 Å². The van der Waals surface area contributed by atoms with E-state index < -0.39 is 5.41 Å². The van der Waals surface area contributed by atoms with Crippen molar-refractivity contribution in [1.29, 1.82) is 0 Å². The van der Waals surface area contributed by atoms with Crippen LogP contribution in [0.3, 0.4) is 0 Å². The van der Waals surface area contributed by atoms with Gasteiger partial charge in [0.1, 0.15) is 0 Å². The summed E-state index contributed by atoms with van der Waals surface area (Å²) >= 11 is 36.9. The lowest BCUT2D eigenvalue weighted by Gasteiger charge is -2.33. The van der Waals surface area contributed by atoms with E-state index in [4.69, 9.17) is 69.6 Å². The van der Waals surface area contributed by atoms with Gasteiger partial charge in [0, 0.05) is 5.41 Å². The Balaban J connectivity index is 2.42. The topological polar surface area (TPSA) is 60.7 Å². The zero-order chi connectivity index (χ0) is 21.7. The van der Waals surface area contributed by atoms with Crippen molar-refractivity contribution < 1.29 is 15.3 Å². The molecular weight excluding hydrogens is 501 g/mol. The molecule has 3 aromatic rings. The Hall–Kier alpha value is -1.20.